The second kappa shape index (κ2) is 5.71. The number of nitrogens with zero attached hydrogens (tertiary/aromatic N) is 1. The number of rotatable bonds is 2. The lowest BCUT2D eigenvalue weighted by Crippen LogP contribution is -2.54. The van der Waals surface area contributed by atoms with Gasteiger partial charge in [-0.3, -0.25) is 4.90 Å². The minimum absolute atomic E-state index is 0.456. The fourth-order valence-electron chi connectivity index (χ4n) is 3.49. The van der Waals surface area contributed by atoms with E-state index in [-0.39, 0.29) is 0 Å². The molecule has 1 heterocycles. The summed E-state index contributed by atoms with van der Waals surface area (Å²) in [6.07, 6.45) is 8.42. The molecule has 0 aromatic rings. The van der Waals surface area contributed by atoms with Crippen molar-refractivity contribution in [2.45, 2.75) is 70.9 Å². The first-order chi connectivity index (χ1) is 8.13. The lowest BCUT2D eigenvalue weighted by Gasteiger charge is -2.42. The Morgan fingerprint density at radius 2 is 1.71 bits per heavy atom. The summed E-state index contributed by atoms with van der Waals surface area (Å²) in [5, 5.41) is 3.88. The first-order valence-corrected chi connectivity index (χ1v) is 7.62. The smallest absolute Gasteiger partial charge is 0.0308 e. The van der Waals surface area contributed by atoms with E-state index in [9.17, 15) is 0 Å². The summed E-state index contributed by atoms with van der Waals surface area (Å²) in [5.74, 6) is 0.772. The molecule has 100 valence electrons. The van der Waals surface area contributed by atoms with Crippen molar-refractivity contribution in [3.63, 3.8) is 0 Å². The second-order valence-corrected chi connectivity index (χ2v) is 6.58. The largest absolute Gasteiger partial charge is 0.310 e. The summed E-state index contributed by atoms with van der Waals surface area (Å²) in [4.78, 5) is 2.75. The van der Waals surface area contributed by atoms with Gasteiger partial charge in [0.25, 0.3) is 0 Å². The first kappa shape index (κ1) is 13.4. The third kappa shape index (κ3) is 3.23. The highest BCUT2D eigenvalue weighted by Gasteiger charge is 2.36. The summed E-state index contributed by atoms with van der Waals surface area (Å²) < 4.78 is 0. The average molecular weight is 238 g/mol. The van der Waals surface area contributed by atoms with Crippen molar-refractivity contribution in [2.24, 2.45) is 5.92 Å². The number of hydrogen-bond acceptors (Lipinski definition) is 2. The third-order valence-electron chi connectivity index (χ3n) is 4.98. The van der Waals surface area contributed by atoms with Crippen molar-refractivity contribution in [3.8, 4) is 0 Å². The quantitative estimate of drug-likeness (QED) is 0.795. The van der Waals surface area contributed by atoms with Crippen LogP contribution in [0.25, 0.3) is 0 Å². The van der Waals surface area contributed by atoms with Gasteiger partial charge < -0.3 is 5.32 Å². The van der Waals surface area contributed by atoms with Crippen molar-refractivity contribution in [2.75, 3.05) is 19.6 Å². The van der Waals surface area contributed by atoms with Crippen molar-refractivity contribution in [3.05, 3.63) is 0 Å². The highest BCUT2D eigenvalue weighted by molar-refractivity contribution is 4.96. The van der Waals surface area contributed by atoms with Crippen molar-refractivity contribution >= 4 is 0 Å². The van der Waals surface area contributed by atoms with Crippen LogP contribution >= 0.6 is 0 Å². The maximum absolute atomic E-state index is 3.88. The molecule has 1 aliphatic heterocycles. The Morgan fingerprint density at radius 3 is 2.35 bits per heavy atom. The Hall–Kier alpha value is -0.0800. The van der Waals surface area contributed by atoms with Gasteiger partial charge in [0.05, 0.1) is 0 Å². The van der Waals surface area contributed by atoms with Crippen LogP contribution in [0.4, 0.5) is 0 Å². The highest BCUT2D eigenvalue weighted by Crippen LogP contribution is 2.31. The van der Waals surface area contributed by atoms with E-state index in [0.717, 1.165) is 12.0 Å². The summed E-state index contributed by atoms with van der Waals surface area (Å²) in [7, 11) is 0. The number of nitrogens with one attached hydrogen (secondary N) is 1. The normalized spacial score (nSPS) is 28.2. The molecule has 0 bridgehead atoms. The van der Waals surface area contributed by atoms with Gasteiger partial charge in [0, 0.05) is 18.1 Å². The molecule has 1 saturated carbocycles. The minimum atomic E-state index is 0.456. The maximum Gasteiger partial charge on any atom is 0.0308 e. The monoisotopic (exact) mass is 238 g/mol. The molecular formula is C15H30N2. The van der Waals surface area contributed by atoms with E-state index in [1.165, 1.54) is 58.2 Å². The molecular weight excluding hydrogens is 208 g/mol. The highest BCUT2D eigenvalue weighted by atomic mass is 15.2. The first-order valence-electron chi connectivity index (χ1n) is 7.62. The zero-order valence-electron chi connectivity index (χ0n) is 12.0. The van der Waals surface area contributed by atoms with Gasteiger partial charge in [-0.25, -0.2) is 0 Å². The molecule has 2 nitrogen and oxygen atoms in total. The molecule has 1 atom stereocenters. The molecule has 0 radical (unpaired) electrons. The van der Waals surface area contributed by atoms with E-state index in [2.05, 4.69) is 31.0 Å². The molecule has 0 aromatic heterocycles. The molecule has 1 unspecified atom stereocenters. The van der Waals surface area contributed by atoms with E-state index in [4.69, 9.17) is 0 Å². The van der Waals surface area contributed by atoms with Crippen LogP contribution in [-0.4, -0.2) is 36.1 Å². The molecule has 1 aliphatic carbocycles. The second-order valence-electron chi connectivity index (χ2n) is 6.58. The molecule has 17 heavy (non-hydrogen) atoms. The Kier molecular flexibility index (Phi) is 4.48. The maximum atomic E-state index is 3.88. The molecule has 2 fully saturated rings. The molecule has 1 N–H and O–H groups in total. The Morgan fingerprint density at radius 1 is 1.00 bits per heavy atom. The van der Waals surface area contributed by atoms with Crippen LogP contribution in [0.5, 0.6) is 0 Å². The van der Waals surface area contributed by atoms with Crippen LogP contribution in [0, 0.1) is 5.92 Å². The zero-order valence-corrected chi connectivity index (χ0v) is 12.0. The van der Waals surface area contributed by atoms with Gasteiger partial charge in [-0.15, -0.1) is 0 Å². The van der Waals surface area contributed by atoms with Crippen LogP contribution in [0.3, 0.4) is 0 Å². The lowest BCUT2D eigenvalue weighted by atomic mass is 9.81. The van der Waals surface area contributed by atoms with Gasteiger partial charge in [-0.1, -0.05) is 33.1 Å². The Bertz CT molecular complexity index is 231. The molecule has 0 aromatic carbocycles. The molecule has 2 heteroatoms. The van der Waals surface area contributed by atoms with Crippen LogP contribution in [0.1, 0.15) is 59.3 Å². The topological polar surface area (TPSA) is 15.3 Å². The Labute approximate surface area is 107 Å². The van der Waals surface area contributed by atoms with Crippen LogP contribution in [-0.2, 0) is 0 Å². The van der Waals surface area contributed by atoms with E-state index >= 15 is 0 Å². The third-order valence-corrected chi connectivity index (χ3v) is 4.98. The fraction of sp³-hybridized carbons (Fsp3) is 1.00. The minimum Gasteiger partial charge on any atom is -0.310 e. The molecule has 1 spiro atoms. The van der Waals surface area contributed by atoms with Crippen LogP contribution < -0.4 is 5.32 Å². The van der Waals surface area contributed by atoms with Gasteiger partial charge >= 0.3 is 0 Å². The lowest BCUT2D eigenvalue weighted by molar-refractivity contribution is 0.113. The van der Waals surface area contributed by atoms with Gasteiger partial charge in [0.1, 0.15) is 0 Å². The molecule has 1 saturated heterocycles. The van der Waals surface area contributed by atoms with Gasteiger partial charge in [-0.2, -0.15) is 0 Å². The fourth-order valence-corrected chi connectivity index (χ4v) is 3.49. The van der Waals surface area contributed by atoms with Gasteiger partial charge in [0.2, 0.25) is 0 Å². The number of hydrogen-bond donors (Lipinski definition) is 1. The van der Waals surface area contributed by atoms with Crippen molar-refractivity contribution in [1.82, 2.24) is 10.2 Å². The van der Waals surface area contributed by atoms with Crippen LogP contribution in [0.2, 0.25) is 0 Å². The van der Waals surface area contributed by atoms with E-state index < -0.39 is 0 Å². The van der Waals surface area contributed by atoms with Gasteiger partial charge in [0.15, 0.2) is 0 Å². The van der Waals surface area contributed by atoms with E-state index in [0.29, 0.717) is 5.54 Å². The molecule has 2 aliphatic rings. The summed E-state index contributed by atoms with van der Waals surface area (Å²) in [6, 6.07) is 0.730. The summed E-state index contributed by atoms with van der Waals surface area (Å²) in [6.45, 7) is 10.9. The van der Waals surface area contributed by atoms with E-state index in [1.54, 1.807) is 0 Å². The van der Waals surface area contributed by atoms with Crippen LogP contribution in [0.15, 0.2) is 0 Å². The van der Waals surface area contributed by atoms with Crippen molar-refractivity contribution < 1.29 is 0 Å². The predicted octanol–water partition coefficient (Wildman–Crippen LogP) is 3.03. The summed E-state index contributed by atoms with van der Waals surface area (Å²) >= 11 is 0. The Balaban J connectivity index is 2.03. The average Bonchev–Trinajstić information content (AvgIpc) is 2.52. The van der Waals surface area contributed by atoms with E-state index in [1.807, 2.05) is 0 Å². The molecule has 2 rings (SSSR count). The predicted molar refractivity (Wildman–Crippen MR) is 74.3 cm³/mol. The standard InChI is InChI=1S/C15H30N2/c1-13(2)14(3)17-11-7-10-16-15(12-17)8-5-4-6-9-15/h13-14,16H,4-12H2,1-3H3. The summed E-state index contributed by atoms with van der Waals surface area (Å²) in [5.41, 5.74) is 0.456. The van der Waals surface area contributed by atoms with Crippen molar-refractivity contribution in [1.29, 1.82) is 0 Å². The van der Waals surface area contributed by atoms with Gasteiger partial charge in [-0.05, 0) is 45.2 Å². The SMILES string of the molecule is CC(C)C(C)N1CCCNC2(CCCCC2)C1. The zero-order chi connectivity index (χ0) is 12.3. The molecule has 0 amide bonds.